The van der Waals surface area contributed by atoms with E-state index in [9.17, 15) is 20.0 Å². The van der Waals surface area contributed by atoms with E-state index >= 15 is 0 Å². The molecule has 1 saturated heterocycles. The number of aliphatic imine (C=N–C) groups is 1. The SMILES string of the molecule is CCOc1cc(C=C2SC(=Nc3cccc(C(=O)O)c3)N(CC)C2=O)cc(I)c1OCc1ccccc1C#N. The first-order chi connectivity index (χ1) is 18.8. The number of thioether (sulfide) groups is 1. The highest BCUT2D eigenvalue weighted by Gasteiger charge is 2.32. The molecule has 1 fully saturated rings. The number of carboxylic acid groups (broad SMARTS) is 1. The number of aromatic carboxylic acids is 1. The third kappa shape index (κ3) is 6.61. The summed E-state index contributed by atoms with van der Waals surface area (Å²) < 4.78 is 12.8. The molecule has 10 heteroatoms. The average molecular weight is 653 g/mol. The zero-order chi connectivity index (χ0) is 27.9. The number of hydrogen-bond acceptors (Lipinski definition) is 7. The van der Waals surface area contributed by atoms with Gasteiger partial charge >= 0.3 is 5.97 Å². The number of amidine groups is 1. The van der Waals surface area contributed by atoms with Crippen LogP contribution in [0.4, 0.5) is 5.69 Å². The van der Waals surface area contributed by atoms with Crippen LogP contribution in [0.1, 0.15) is 40.9 Å². The maximum atomic E-state index is 13.2. The molecule has 4 rings (SSSR count). The topological polar surface area (TPSA) is 112 Å². The molecule has 39 heavy (non-hydrogen) atoms. The quantitative estimate of drug-likeness (QED) is 0.208. The highest BCUT2D eigenvalue weighted by atomic mass is 127. The molecule has 198 valence electrons. The lowest BCUT2D eigenvalue weighted by Crippen LogP contribution is -2.28. The standard InChI is InChI=1S/C29H24IN3O5S/c1-3-33-27(34)25(39-29(33)32-22-11-7-10-19(15-22)28(35)36)14-18-12-23(30)26(24(13-18)37-4-2)38-17-21-9-6-5-8-20(21)16-31/h5-15H,3-4,17H2,1-2H3,(H,35,36). The molecule has 0 saturated carbocycles. The lowest BCUT2D eigenvalue weighted by Gasteiger charge is -2.15. The maximum Gasteiger partial charge on any atom is 0.335 e. The van der Waals surface area contributed by atoms with Crippen molar-refractivity contribution in [2.75, 3.05) is 13.2 Å². The largest absolute Gasteiger partial charge is 0.490 e. The molecule has 0 atom stereocenters. The van der Waals surface area contributed by atoms with Gasteiger partial charge in [0.05, 0.1) is 38.0 Å². The van der Waals surface area contributed by atoms with Gasteiger partial charge in [-0.2, -0.15) is 5.26 Å². The number of ether oxygens (including phenoxy) is 2. The van der Waals surface area contributed by atoms with Crippen molar-refractivity contribution in [2.45, 2.75) is 20.5 Å². The van der Waals surface area contributed by atoms with Crippen LogP contribution in [0.5, 0.6) is 11.5 Å². The van der Waals surface area contributed by atoms with Crippen molar-refractivity contribution in [3.8, 4) is 17.6 Å². The summed E-state index contributed by atoms with van der Waals surface area (Å²) >= 11 is 3.40. The molecule has 3 aromatic carbocycles. The molecule has 1 N–H and O–H groups in total. The molecular formula is C29H24IN3O5S. The fourth-order valence-corrected chi connectivity index (χ4v) is 5.66. The monoisotopic (exact) mass is 653 g/mol. The molecule has 0 unspecified atom stereocenters. The summed E-state index contributed by atoms with van der Waals surface area (Å²) in [4.78, 5) is 31.1. The van der Waals surface area contributed by atoms with Gasteiger partial charge in [0.2, 0.25) is 0 Å². The van der Waals surface area contributed by atoms with Crippen molar-refractivity contribution in [3.05, 3.63) is 91.4 Å². The number of rotatable bonds is 9. The Balaban J connectivity index is 1.63. The highest BCUT2D eigenvalue weighted by Crippen LogP contribution is 2.38. The smallest absolute Gasteiger partial charge is 0.335 e. The van der Waals surface area contributed by atoms with Crippen LogP contribution in [-0.4, -0.2) is 40.2 Å². The molecule has 1 aliphatic heterocycles. The van der Waals surface area contributed by atoms with Crippen molar-refractivity contribution < 1.29 is 24.2 Å². The van der Waals surface area contributed by atoms with Gasteiger partial charge in [-0.05, 0) is 96.2 Å². The lowest BCUT2D eigenvalue weighted by molar-refractivity contribution is -0.122. The van der Waals surface area contributed by atoms with E-state index in [-0.39, 0.29) is 18.1 Å². The summed E-state index contributed by atoms with van der Waals surface area (Å²) in [5.74, 6) is -0.125. The Bertz CT molecular complexity index is 1530. The van der Waals surface area contributed by atoms with Crippen LogP contribution in [0.3, 0.4) is 0 Å². The van der Waals surface area contributed by atoms with Crippen LogP contribution < -0.4 is 9.47 Å². The van der Waals surface area contributed by atoms with Gasteiger partial charge in [0.15, 0.2) is 16.7 Å². The molecule has 1 heterocycles. The maximum absolute atomic E-state index is 13.2. The summed E-state index contributed by atoms with van der Waals surface area (Å²) in [5.41, 5.74) is 2.67. The van der Waals surface area contributed by atoms with Gasteiger partial charge < -0.3 is 14.6 Å². The number of benzene rings is 3. The summed E-state index contributed by atoms with van der Waals surface area (Å²) in [6.45, 7) is 4.79. The minimum absolute atomic E-state index is 0.126. The minimum atomic E-state index is -1.04. The Hall–Kier alpha value is -3.82. The van der Waals surface area contributed by atoms with Gasteiger partial charge in [0.1, 0.15) is 6.61 Å². The van der Waals surface area contributed by atoms with Crippen LogP contribution in [-0.2, 0) is 11.4 Å². The summed E-state index contributed by atoms with van der Waals surface area (Å²) in [6.07, 6.45) is 1.78. The summed E-state index contributed by atoms with van der Waals surface area (Å²) in [6, 6.07) is 19.5. The fraction of sp³-hybridized carbons (Fsp3) is 0.172. The van der Waals surface area contributed by atoms with E-state index < -0.39 is 5.97 Å². The number of likely N-dealkylation sites (N-methyl/N-ethyl adjacent to an activating group) is 1. The van der Waals surface area contributed by atoms with Crippen LogP contribution in [0.2, 0.25) is 0 Å². The minimum Gasteiger partial charge on any atom is -0.490 e. The highest BCUT2D eigenvalue weighted by molar-refractivity contribution is 14.1. The van der Waals surface area contributed by atoms with E-state index in [1.807, 2.05) is 44.2 Å². The molecule has 3 aromatic rings. The fourth-order valence-electron chi connectivity index (χ4n) is 3.82. The molecule has 0 aliphatic carbocycles. The number of carbonyl (C=O) groups excluding carboxylic acids is 1. The van der Waals surface area contributed by atoms with Gasteiger partial charge in [-0.15, -0.1) is 0 Å². The third-order valence-corrected chi connectivity index (χ3v) is 7.47. The second-order valence-electron chi connectivity index (χ2n) is 8.23. The van der Waals surface area contributed by atoms with Crippen LogP contribution >= 0.6 is 34.4 Å². The Labute approximate surface area is 244 Å². The summed E-state index contributed by atoms with van der Waals surface area (Å²) in [7, 11) is 0. The molecule has 0 bridgehead atoms. The first-order valence-electron chi connectivity index (χ1n) is 12.0. The number of nitrogens with zero attached hydrogens (tertiary/aromatic N) is 3. The van der Waals surface area contributed by atoms with Crippen molar-refractivity contribution >= 4 is 63.2 Å². The van der Waals surface area contributed by atoms with Gasteiger partial charge in [-0.3, -0.25) is 9.69 Å². The van der Waals surface area contributed by atoms with Crippen molar-refractivity contribution in [2.24, 2.45) is 4.99 Å². The summed E-state index contributed by atoms with van der Waals surface area (Å²) in [5, 5.41) is 19.1. The number of amides is 1. The lowest BCUT2D eigenvalue weighted by atomic mass is 10.1. The second-order valence-corrected chi connectivity index (χ2v) is 10.4. The third-order valence-electron chi connectivity index (χ3n) is 5.66. The second kappa shape index (κ2) is 12.8. The number of hydrogen-bond donors (Lipinski definition) is 1. The Morgan fingerprint density at radius 1 is 1.15 bits per heavy atom. The number of carbonyl (C=O) groups is 2. The zero-order valence-corrected chi connectivity index (χ0v) is 24.2. The number of halogens is 1. The Morgan fingerprint density at radius 3 is 2.67 bits per heavy atom. The van der Waals surface area contributed by atoms with Gasteiger partial charge in [-0.25, -0.2) is 9.79 Å². The van der Waals surface area contributed by atoms with E-state index in [1.165, 1.54) is 23.9 Å². The van der Waals surface area contributed by atoms with Crippen LogP contribution in [0, 0.1) is 14.9 Å². The molecule has 0 radical (unpaired) electrons. The molecular weight excluding hydrogens is 629 g/mol. The van der Waals surface area contributed by atoms with Crippen molar-refractivity contribution in [1.29, 1.82) is 5.26 Å². The first-order valence-corrected chi connectivity index (χ1v) is 13.9. The Morgan fingerprint density at radius 2 is 1.95 bits per heavy atom. The molecule has 1 aliphatic rings. The molecule has 0 spiro atoms. The molecule has 8 nitrogen and oxygen atoms in total. The van der Waals surface area contributed by atoms with Crippen molar-refractivity contribution in [3.63, 3.8) is 0 Å². The predicted octanol–water partition coefficient (Wildman–Crippen LogP) is 6.46. The molecule has 0 aromatic heterocycles. The zero-order valence-electron chi connectivity index (χ0n) is 21.2. The van der Waals surface area contributed by atoms with Crippen LogP contribution in [0.25, 0.3) is 6.08 Å². The average Bonchev–Trinajstić information content (AvgIpc) is 3.21. The number of nitriles is 1. The van der Waals surface area contributed by atoms with Crippen molar-refractivity contribution in [1.82, 2.24) is 4.90 Å². The van der Waals surface area contributed by atoms with Gasteiger partial charge in [0, 0.05) is 12.1 Å². The van der Waals surface area contributed by atoms with Gasteiger partial charge in [-0.1, -0.05) is 24.3 Å². The first kappa shape index (κ1) is 28.2. The molecule has 1 amide bonds. The van der Waals surface area contributed by atoms with E-state index in [0.717, 1.165) is 14.7 Å². The van der Waals surface area contributed by atoms with Gasteiger partial charge in [0.25, 0.3) is 5.91 Å². The van der Waals surface area contributed by atoms with Crippen LogP contribution in [0.15, 0.2) is 70.6 Å². The Kier molecular flexibility index (Phi) is 9.27. The number of carboxylic acids is 1. The normalized spacial score (nSPS) is 15.0. The predicted molar refractivity (Wildman–Crippen MR) is 159 cm³/mol. The van der Waals surface area contributed by atoms with E-state index in [2.05, 4.69) is 33.7 Å². The van der Waals surface area contributed by atoms with E-state index in [4.69, 9.17) is 9.47 Å². The van der Waals surface area contributed by atoms with E-state index in [0.29, 0.717) is 46.0 Å². The van der Waals surface area contributed by atoms with E-state index in [1.54, 1.807) is 29.2 Å².